The summed E-state index contributed by atoms with van der Waals surface area (Å²) < 4.78 is 6.45. The van der Waals surface area contributed by atoms with Crippen LogP contribution in [0.4, 0.5) is 0 Å². The van der Waals surface area contributed by atoms with Crippen LogP contribution in [-0.4, -0.2) is 17.2 Å². The predicted octanol–water partition coefficient (Wildman–Crippen LogP) is 3.18. The Morgan fingerprint density at radius 3 is 2.81 bits per heavy atom. The van der Waals surface area contributed by atoms with Crippen molar-refractivity contribution < 1.29 is 14.6 Å². The third kappa shape index (κ3) is 2.55. The maximum atomic E-state index is 10.7. The van der Waals surface area contributed by atoms with Crippen molar-refractivity contribution in [3.8, 4) is 5.75 Å². The molecule has 1 aliphatic rings. The Morgan fingerprint density at radius 1 is 1.56 bits per heavy atom. The number of carboxylic acids is 1. The number of halogens is 1. The molecule has 0 heterocycles. The summed E-state index contributed by atoms with van der Waals surface area (Å²) in [4.78, 5) is 10.7. The zero-order valence-electron chi connectivity index (χ0n) is 8.94. The molecule has 1 atom stereocenters. The maximum absolute atomic E-state index is 10.7. The Morgan fingerprint density at radius 2 is 2.25 bits per heavy atom. The van der Waals surface area contributed by atoms with Crippen LogP contribution in [-0.2, 0) is 4.79 Å². The van der Waals surface area contributed by atoms with E-state index in [9.17, 15) is 4.79 Å². The first-order chi connectivity index (χ1) is 7.58. The predicted molar refractivity (Wildman–Crippen MR) is 63.8 cm³/mol. The van der Waals surface area contributed by atoms with Crippen LogP contribution in [0.5, 0.6) is 5.75 Å². The van der Waals surface area contributed by atoms with E-state index in [1.165, 1.54) is 0 Å². The number of aliphatic carboxylic acids is 1. The fourth-order valence-electron chi connectivity index (χ4n) is 1.58. The van der Waals surface area contributed by atoms with E-state index in [1.54, 1.807) is 6.92 Å². The zero-order valence-corrected chi connectivity index (χ0v) is 10.5. The number of hydrogen-bond donors (Lipinski definition) is 1. The number of benzene rings is 1. The molecule has 16 heavy (non-hydrogen) atoms. The van der Waals surface area contributed by atoms with Gasteiger partial charge in [0.1, 0.15) is 5.75 Å². The molecule has 1 aliphatic carbocycles. The fourth-order valence-corrected chi connectivity index (χ4v) is 1.96. The normalized spacial score (nSPS) is 16.9. The van der Waals surface area contributed by atoms with Gasteiger partial charge in [0.05, 0.1) is 0 Å². The third-order valence-corrected chi connectivity index (χ3v) is 3.13. The summed E-state index contributed by atoms with van der Waals surface area (Å²) in [5, 5.41) is 8.81. The van der Waals surface area contributed by atoms with Crippen LogP contribution in [0.25, 0.3) is 0 Å². The molecule has 86 valence electrons. The minimum absolute atomic E-state index is 0.536. The van der Waals surface area contributed by atoms with Crippen LogP contribution < -0.4 is 4.74 Å². The zero-order chi connectivity index (χ0) is 11.7. The number of carboxylic acid groups (broad SMARTS) is 1. The first-order valence-electron chi connectivity index (χ1n) is 5.27. The number of carbonyl (C=O) groups is 1. The lowest BCUT2D eigenvalue weighted by Gasteiger charge is -2.14. The second kappa shape index (κ2) is 4.45. The highest BCUT2D eigenvalue weighted by Crippen LogP contribution is 2.45. The van der Waals surface area contributed by atoms with E-state index in [2.05, 4.69) is 15.9 Å². The van der Waals surface area contributed by atoms with Crippen LogP contribution in [0.1, 0.15) is 31.2 Å². The second-order valence-electron chi connectivity index (χ2n) is 4.05. The standard InChI is InChI=1S/C12H13BrO3/c1-7(12(14)15)16-11-5-4-9(13)6-10(11)8-2-3-8/h4-8H,2-3H2,1H3,(H,14,15). The summed E-state index contributed by atoms with van der Waals surface area (Å²) >= 11 is 3.42. The Hall–Kier alpha value is -1.03. The van der Waals surface area contributed by atoms with E-state index < -0.39 is 12.1 Å². The molecule has 1 N–H and O–H groups in total. The van der Waals surface area contributed by atoms with Crippen LogP contribution in [0.2, 0.25) is 0 Å². The van der Waals surface area contributed by atoms with Crippen molar-refractivity contribution in [3.63, 3.8) is 0 Å². The summed E-state index contributed by atoms with van der Waals surface area (Å²) in [6, 6.07) is 5.72. The molecule has 1 fully saturated rings. The monoisotopic (exact) mass is 284 g/mol. The second-order valence-corrected chi connectivity index (χ2v) is 4.97. The molecule has 0 aliphatic heterocycles. The lowest BCUT2D eigenvalue weighted by atomic mass is 10.1. The summed E-state index contributed by atoms with van der Waals surface area (Å²) in [7, 11) is 0. The maximum Gasteiger partial charge on any atom is 0.344 e. The molecule has 0 radical (unpaired) electrons. The molecule has 0 amide bonds. The molecule has 0 aromatic heterocycles. The lowest BCUT2D eigenvalue weighted by molar-refractivity contribution is -0.144. The van der Waals surface area contributed by atoms with Gasteiger partial charge in [-0.3, -0.25) is 0 Å². The van der Waals surface area contributed by atoms with Crippen molar-refractivity contribution >= 4 is 21.9 Å². The summed E-state index contributed by atoms with van der Waals surface area (Å²) in [5.41, 5.74) is 1.11. The minimum atomic E-state index is -0.940. The van der Waals surface area contributed by atoms with Gasteiger partial charge in [0.25, 0.3) is 0 Å². The average molecular weight is 285 g/mol. The van der Waals surface area contributed by atoms with Crippen molar-refractivity contribution in [1.29, 1.82) is 0 Å². The van der Waals surface area contributed by atoms with E-state index in [4.69, 9.17) is 9.84 Å². The quantitative estimate of drug-likeness (QED) is 0.924. The Labute approximate surface area is 103 Å². The molecule has 4 heteroatoms. The van der Waals surface area contributed by atoms with E-state index in [-0.39, 0.29) is 0 Å². The fraction of sp³-hybridized carbons (Fsp3) is 0.417. The SMILES string of the molecule is CC(Oc1ccc(Br)cc1C1CC1)C(=O)O. The number of rotatable bonds is 4. The Balaban J connectivity index is 2.22. The molecule has 2 rings (SSSR count). The molecular formula is C12H13BrO3. The molecule has 1 unspecified atom stereocenters. The minimum Gasteiger partial charge on any atom is -0.479 e. The molecule has 0 bridgehead atoms. The van der Waals surface area contributed by atoms with Crippen molar-refractivity contribution in [2.75, 3.05) is 0 Å². The summed E-state index contributed by atoms with van der Waals surface area (Å²) in [5.74, 6) is 0.291. The highest BCUT2D eigenvalue weighted by Gasteiger charge is 2.28. The molecule has 1 saturated carbocycles. The van der Waals surface area contributed by atoms with Gasteiger partial charge in [0, 0.05) is 4.47 Å². The van der Waals surface area contributed by atoms with Gasteiger partial charge in [-0.05, 0) is 49.4 Å². The van der Waals surface area contributed by atoms with E-state index >= 15 is 0 Å². The van der Waals surface area contributed by atoms with Gasteiger partial charge < -0.3 is 9.84 Å². The van der Waals surface area contributed by atoms with Gasteiger partial charge in [-0.25, -0.2) is 4.79 Å². The van der Waals surface area contributed by atoms with Gasteiger partial charge in [0.2, 0.25) is 0 Å². The van der Waals surface area contributed by atoms with E-state index in [1.807, 2.05) is 18.2 Å². The molecular weight excluding hydrogens is 272 g/mol. The third-order valence-electron chi connectivity index (χ3n) is 2.64. The Bertz CT molecular complexity index is 413. The molecule has 0 spiro atoms. The van der Waals surface area contributed by atoms with Crippen LogP contribution in [0.15, 0.2) is 22.7 Å². The van der Waals surface area contributed by atoms with E-state index in [0.717, 1.165) is 22.9 Å². The summed E-state index contributed by atoms with van der Waals surface area (Å²) in [6.45, 7) is 1.54. The van der Waals surface area contributed by atoms with Crippen molar-refractivity contribution in [1.82, 2.24) is 0 Å². The highest BCUT2D eigenvalue weighted by molar-refractivity contribution is 9.10. The van der Waals surface area contributed by atoms with Gasteiger partial charge in [-0.1, -0.05) is 15.9 Å². The summed E-state index contributed by atoms with van der Waals surface area (Å²) in [6.07, 6.45) is 1.52. The van der Waals surface area contributed by atoms with Crippen LogP contribution in [0.3, 0.4) is 0 Å². The van der Waals surface area contributed by atoms with Gasteiger partial charge in [-0.2, -0.15) is 0 Å². The van der Waals surface area contributed by atoms with Gasteiger partial charge in [0.15, 0.2) is 6.10 Å². The van der Waals surface area contributed by atoms with Crippen molar-refractivity contribution in [3.05, 3.63) is 28.2 Å². The smallest absolute Gasteiger partial charge is 0.344 e. The highest BCUT2D eigenvalue weighted by atomic mass is 79.9. The average Bonchev–Trinajstić information content (AvgIpc) is 3.04. The van der Waals surface area contributed by atoms with Crippen molar-refractivity contribution in [2.24, 2.45) is 0 Å². The largest absolute Gasteiger partial charge is 0.479 e. The first kappa shape index (κ1) is 11.5. The molecule has 0 saturated heterocycles. The Kier molecular flexibility index (Phi) is 3.19. The van der Waals surface area contributed by atoms with Gasteiger partial charge >= 0.3 is 5.97 Å². The molecule has 1 aromatic rings. The van der Waals surface area contributed by atoms with Crippen LogP contribution >= 0.6 is 15.9 Å². The van der Waals surface area contributed by atoms with Gasteiger partial charge in [-0.15, -0.1) is 0 Å². The lowest BCUT2D eigenvalue weighted by Crippen LogP contribution is -2.23. The molecule has 1 aromatic carbocycles. The first-order valence-corrected chi connectivity index (χ1v) is 6.06. The number of ether oxygens (including phenoxy) is 1. The van der Waals surface area contributed by atoms with E-state index in [0.29, 0.717) is 11.7 Å². The molecule has 3 nitrogen and oxygen atoms in total. The van der Waals surface area contributed by atoms with Crippen LogP contribution in [0, 0.1) is 0 Å². The topological polar surface area (TPSA) is 46.5 Å². The number of hydrogen-bond acceptors (Lipinski definition) is 2. The van der Waals surface area contributed by atoms with Crippen molar-refractivity contribution in [2.45, 2.75) is 31.8 Å².